The molecule has 146 valence electrons. The Hall–Kier alpha value is -2.78. The monoisotopic (exact) mass is 399 g/mol. The van der Waals surface area contributed by atoms with Crippen molar-refractivity contribution in [1.82, 2.24) is 19.7 Å². The lowest BCUT2D eigenvalue weighted by Crippen LogP contribution is -2.31. The third-order valence-corrected chi connectivity index (χ3v) is 5.95. The van der Waals surface area contributed by atoms with Crippen LogP contribution in [0.25, 0.3) is 10.8 Å². The fraction of sp³-hybridized carbons (Fsp3) is 0.368. The molecule has 3 heterocycles. The highest BCUT2D eigenvalue weighted by Gasteiger charge is 2.20. The van der Waals surface area contributed by atoms with Gasteiger partial charge in [0, 0.05) is 30.8 Å². The molecule has 2 N–H and O–H groups in total. The van der Waals surface area contributed by atoms with Gasteiger partial charge in [0.15, 0.2) is 5.13 Å². The maximum Gasteiger partial charge on any atom is 0.273 e. The molecule has 0 bridgehead atoms. The third kappa shape index (κ3) is 3.63. The fourth-order valence-corrected chi connectivity index (χ4v) is 4.44. The minimum atomic E-state index is -0.344. The van der Waals surface area contributed by atoms with Crippen LogP contribution < -0.4 is 16.4 Å². The van der Waals surface area contributed by atoms with Crippen LogP contribution in [0.15, 0.2) is 33.9 Å². The summed E-state index contributed by atoms with van der Waals surface area (Å²) in [6.07, 6.45) is 0.961. The Balaban J connectivity index is 1.44. The van der Waals surface area contributed by atoms with E-state index >= 15 is 0 Å². The number of rotatable bonds is 5. The molecule has 1 aliphatic heterocycles. The zero-order valence-electron chi connectivity index (χ0n) is 15.5. The normalized spacial score (nSPS) is 14.2. The Morgan fingerprint density at radius 3 is 2.86 bits per heavy atom. The van der Waals surface area contributed by atoms with Gasteiger partial charge in [0.25, 0.3) is 11.1 Å². The van der Waals surface area contributed by atoms with Crippen LogP contribution in [0.1, 0.15) is 23.9 Å². The molecule has 1 aliphatic rings. The number of aryl methyl sites for hydroxylation is 1. The summed E-state index contributed by atoms with van der Waals surface area (Å²) in [5.41, 5.74) is 0.399. The van der Waals surface area contributed by atoms with E-state index in [1.54, 1.807) is 24.3 Å². The molecule has 0 saturated heterocycles. The van der Waals surface area contributed by atoms with Crippen molar-refractivity contribution < 1.29 is 4.79 Å². The molecule has 0 radical (unpaired) electrons. The van der Waals surface area contributed by atoms with E-state index in [1.807, 2.05) is 0 Å². The SMILES string of the molecule is CCN1CCc2nc(NC(=O)CCn3[nH]c(=O)c4ccccc4c3=O)sc2C1. The number of carbonyl (C=O) groups excluding carboxylic acids is 1. The van der Waals surface area contributed by atoms with E-state index < -0.39 is 0 Å². The quantitative estimate of drug-likeness (QED) is 0.678. The molecule has 2 aromatic heterocycles. The summed E-state index contributed by atoms with van der Waals surface area (Å²) >= 11 is 1.50. The summed E-state index contributed by atoms with van der Waals surface area (Å²) in [7, 11) is 0. The molecule has 0 fully saturated rings. The topological polar surface area (TPSA) is 100 Å². The first-order valence-electron chi connectivity index (χ1n) is 9.28. The van der Waals surface area contributed by atoms with Gasteiger partial charge in [0.1, 0.15) is 0 Å². The second kappa shape index (κ2) is 7.69. The summed E-state index contributed by atoms with van der Waals surface area (Å²) in [4.78, 5) is 45.0. The van der Waals surface area contributed by atoms with E-state index in [4.69, 9.17) is 0 Å². The first-order chi connectivity index (χ1) is 13.5. The van der Waals surface area contributed by atoms with Crippen LogP contribution in [0.3, 0.4) is 0 Å². The minimum Gasteiger partial charge on any atom is -0.302 e. The molecule has 0 unspecified atom stereocenters. The number of carbonyl (C=O) groups is 1. The van der Waals surface area contributed by atoms with Crippen LogP contribution in [0.2, 0.25) is 0 Å². The molecule has 0 aliphatic carbocycles. The van der Waals surface area contributed by atoms with Crippen LogP contribution in [-0.4, -0.2) is 38.7 Å². The van der Waals surface area contributed by atoms with Crippen molar-refractivity contribution >= 4 is 33.1 Å². The van der Waals surface area contributed by atoms with Crippen LogP contribution >= 0.6 is 11.3 Å². The number of hydrogen-bond donors (Lipinski definition) is 2. The number of nitrogens with zero attached hydrogens (tertiary/aromatic N) is 3. The van der Waals surface area contributed by atoms with E-state index in [1.165, 1.54) is 20.9 Å². The zero-order valence-corrected chi connectivity index (χ0v) is 16.3. The highest BCUT2D eigenvalue weighted by Crippen LogP contribution is 2.28. The van der Waals surface area contributed by atoms with Gasteiger partial charge in [0.05, 0.1) is 23.0 Å². The molecule has 0 saturated carbocycles. The Morgan fingerprint density at radius 1 is 1.29 bits per heavy atom. The average molecular weight is 399 g/mol. The van der Waals surface area contributed by atoms with Crippen LogP contribution in [0, 0.1) is 0 Å². The van der Waals surface area contributed by atoms with Crippen molar-refractivity contribution in [1.29, 1.82) is 0 Å². The van der Waals surface area contributed by atoms with Crippen molar-refractivity contribution in [2.75, 3.05) is 18.4 Å². The lowest BCUT2D eigenvalue weighted by Gasteiger charge is -2.23. The predicted molar refractivity (Wildman–Crippen MR) is 109 cm³/mol. The molecule has 1 amide bonds. The number of aromatic amines is 1. The lowest BCUT2D eigenvalue weighted by atomic mass is 10.2. The first-order valence-corrected chi connectivity index (χ1v) is 10.1. The van der Waals surface area contributed by atoms with Gasteiger partial charge in [-0.2, -0.15) is 0 Å². The van der Waals surface area contributed by atoms with Crippen molar-refractivity contribution in [3.63, 3.8) is 0 Å². The highest BCUT2D eigenvalue weighted by atomic mass is 32.1. The number of H-pyrrole nitrogens is 1. The summed E-state index contributed by atoms with van der Waals surface area (Å²) in [6, 6.07) is 6.64. The number of likely N-dealkylation sites (N-methyl/N-ethyl adjacent to an activating group) is 1. The number of fused-ring (bicyclic) bond motifs is 2. The van der Waals surface area contributed by atoms with Gasteiger partial charge in [0.2, 0.25) is 5.91 Å². The third-order valence-electron chi connectivity index (χ3n) is 4.95. The van der Waals surface area contributed by atoms with E-state index in [0.29, 0.717) is 15.9 Å². The summed E-state index contributed by atoms with van der Waals surface area (Å²) < 4.78 is 1.19. The zero-order chi connectivity index (χ0) is 19.7. The fourth-order valence-electron chi connectivity index (χ4n) is 3.37. The number of nitrogens with one attached hydrogen (secondary N) is 2. The lowest BCUT2D eigenvalue weighted by molar-refractivity contribution is -0.116. The van der Waals surface area contributed by atoms with Gasteiger partial charge in [-0.05, 0) is 18.7 Å². The molecule has 9 heteroatoms. The summed E-state index contributed by atoms with van der Waals surface area (Å²) in [5, 5.41) is 6.64. The molecule has 0 spiro atoms. The Morgan fingerprint density at radius 2 is 2.07 bits per heavy atom. The molecule has 1 aromatic carbocycles. The van der Waals surface area contributed by atoms with Crippen LogP contribution in [0.4, 0.5) is 5.13 Å². The maximum atomic E-state index is 12.5. The standard InChI is InChI=1S/C19H21N5O3S/c1-2-23-9-7-14-15(11-23)28-19(20-14)21-16(25)8-10-24-18(27)13-6-4-3-5-12(13)17(26)22-24/h3-6H,2,7-11H2,1H3,(H,22,26)(H,20,21,25). The summed E-state index contributed by atoms with van der Waals surface area (Å²) in [5.74, 6) is -0.237. The van der Waals surface area contributed by atoms with Gasteiger partial charge in [-0.1, -0.05) is 19.1 Å². The molecule has 0 atom stereocenters. The molecule has 3 aromatic rings. The largest absolute Gasteiger partial charge is 0.302 e. The molecular weight excluding hydrogens is 378 g/mol. The second-order valence-corrected chi connectivity index (χ2v) is 7.83. The van der Waals surface area contributed by atoms with Gasteiger partial charge in [-0.25, -0.2) is 9.67 Å². The molecule has 8 nitrogen and oxygen atoms in total. The van der Waals surface area contributed by atoms with Crippen LogP contribution in [-0.2, 0) is 24.3 Å². The maximum absolute atomic E-state index is 12.5. The van der Waals surface area contributed by atoms with E-state index in [0.717, 1.165) is 31.7 Å². The van der Waals surface area contributed by atoms with Crippen LogP contribution in [0.5, 0.6) is 0 Å². The Bertz CT molecular complexity index is 1150. The Labute approximate surface area is 164 Å². The summed E-state index contributed by atoms with van der Waals surface area (Å²) in [6.45, 7) is 5.08. The van der Waals surface area contributed by atoms with Crippen molar-refractivity contribution in [3.8, 4) is 0 Å². The number of anilines is 1. The predicted octanol–water partition coefficient (Wildman–Crippen LogP) is 1.55. The average Bonchev–Trinajstić information content (AvgIpc) is 3.10. The van der Waals surface area contributed by atoms with E-state index in [9.17, 15) is 14.4 Å². The van der Waals surface area contributed by atoms with Gasteiger partial charge in [-0.15, -0.1) is 11.3 Å². The Kier molecular flexibility index (Phi) is 5.10. The number of aromatic nitrogens is 3. The first kappa shape index (κ1) is 18.6. The second-order valence-electron chi connectivity index (χ2n) is 6.75. The van der Waals surface area contributed by atoms with Gasteiger partial charge in [-0.3, -0.25) is 24.4 Å². The molecular formula is C19H21N5O3S. The van der Waals surface area contributed by atoms with Crippen molar-refractivity contribution in [3.05, 3.63) is 55.5 Å². The van der Waals surface area contributed by atoms with E-state index in [-0.39, 0.29) is 30.0 Å². The highest BCUT2D eigenvalue weighted by molar-refractivity contribution is 7.15. The smallest absolute Gasteiger partial charge is 0.273 e. The van der Waals surface area contributed by atoms with Crippen molar-refractivity contribution in [2.45, 2.75) is 32.9 Å². The van der Waals surface area contributed by atoms with Crippen molar-refractivity contribution in [2.24, 2.45) is 0 Å². The van der Waals surface area contributed by atoms with Gasteiger partial charge >= 0.3 is 0 Å². The molecule has 4 rings (SSSR count). The number of amides is 1. The molecule has 28 heavy (non-hydrogen) atoms. The van der Waals surface area contributed by atoms with E-state index in [2.05, 4.69) is 27.2 Å². The number of hydrogen-bond acceptors (Lipinski definition) is 6. The number of benzene rings is 1. The minimum absolute atomic E-state index is 0.0690. The number of thiazole rings is 1. The van der Waals surface area contributed by atoms with Gasteiger partial charge < -0.3 is 5.32 Å².